The van der Waals surface area contributed by atoms with Crippen molar-refractivity contribution in [1.82, 2.24) is 9.88 Å². The van der Waals surface area contributed by atoms with Gasteiger partial charge in [0.2, 0.25) is 0 Å². The zero-order chi connectivity index (χ0) is 27.3. The number of likely N-dealkylation sites (tertiary alicyclic amines) is 1. The Morgan fingerprint density at radius 3 is 2.53 bits per heavy atom. The van der Waals surface area contributed by atoms with Crippen LogP contribution >= 0.6 is 0 Å². The lowest BCUT2D eigenvalue weighted by Crippen LogP contribution is -2.45. The van der Waals surface area contributed by atoms with Gasteiger partial charge in [-0.1, -0.05) is 0 Å². The Kier molecular flexibility index (Phi) is 8.71. The van der Waals surface area contributed by atoms with Crippen molar-refractivity contribution in [3.05, 3.63) is 65.4 Å². The number of aliphatic carboxylic acids is 1. The van der Waals surface area contributed by atoms with Crippen LogP contribution in [0.5, 0.6) is 5.75 Å². The van der Waals surface area contributed by atoms with Crippen LogP contribution in [0.15, 0.2) is 42.6 Å². The van der Waals surface area contributed by atoms with Crippen molar-refractivity contribution in [1.29, 1.82) is 0 Å². The highest BCUT2D eigenvalue weighted by molar-refractivity contribution is 5.85. The number of aromatic nitrogens is 1. The largest absolute Gasteiger partial charge is 0.497 e. The molecule has 1 aliphatic heterocycles. The lowest BCUT2D eigenvalue weighted by Gasteiger charge is -2.39. The second-order valence-corrected chi connectivity index (χ2v) is 9.73. The van der Waals surface area contributed by atoms with Gasteiger partial charge in [0.25, 0.3) is 0 Å². The number of ether oxygens (including phenoxy) is 1. The van der Waals surface area contributed by atoms with Crippen molar-refractivity contribution < 1.29 is 32.2 Å². The summed E-state index contributed by atoms with van der Waals surface area (Å²) in [5.74, 6) is -1.80. The number of carboxylic acids is 1. The number of rotatable bonds is 11. The molecule has 3 aromatic rings. The SMILES string of the molecule is COc1ccc2ncc(CF)c([C@@H](F)CCC3(C(=O)O)CCN(CCNc4cc(F)cc(F)c4)CC3)c2c1. The predicted molar refractivity (Wildman–Crippen MR) is 137 cm³/mol. The number of anilines is 1. The molecule has 0 aliphatic carbocycles. The summed E-state index contributed by atoms with van der Waals surface area (Å²) in [5.41, 5.74) is 0.0900. The molecule has 0 bridgehead atoms. The summed E-state index contributed by atoms with van der Waals surface area (Å²) in [5, 5.41) is 13.5. The zero-order valence-corrected chi connectivity index (χ0v) is 21.2. The molecule has 6 nitrogen and oxygen atoms in total. The van der Waals surface area contributed by atoms with E-state index in [0.717, 1.165) is 6.07 Å². The Morgan fingerprint density at radius 1 is 1.18 bits per heavy atom. The molecule has 1 atom stereocenters. The van der Waals surface area contributed by atoms with Gasteiger partial charge in [0.1, 0.15) is 30.2 Å². The van der Waals surface area contributed by atoms with Crippen LogP contribution in [0.25, 0.3) is 10.9 Å². The third kappa shape index (κ3) is 6.18. The van der Waals surface area contributed by atoms with Crippen LogP contribution in [-0.2, 0) is 11.5 Å². The van der Waals surface area contributed by atoms with Crippen molar-refractivity contribution in [3.63, 3.8) is 0 Å². The van der Waals surface area contributed by atoms with E-state index in [4.69, 9.17) is 4.74 Å². The van der Waals surface area contributed by atoms with Gasteiger partial charge in [0.05, 0.1) is 18.0 Å². The summed E-state index contributed by atoms with van der Waals surface area (Å²) in [6, 6.07) is 8.22. The van der Waals surface area contributed by atoms with E-state index in [-0.39, 0.29) is 24.0 Å². The van der Waals surface area contributed by atoms with Crippen LogP contribution < -0.4 is 10.1 Å². The quantitative estimate of drug-likeness (QED) is 0.292. The molecule has 38 heavy (non-hydrogen) atoms. The number of hydrogen-bond donors (Lipinski definition) is 2. The Bertz CT molecular complexity index is 1260. The molecule has 10 heteroatoms. The van der Waals surface area contributed by atoms with Gasteiger partial charge in [-0.2, -0.15) is 0 Å². The molecule has 2 N–H and O–H groups in total. The Labute approximate surface area is 218 Å². The van der Waals surface area contributed by atoms with E-state index in [2.05, 4.69) is 15.2 Å². The maximum Gasteiger partial charge on any atom is 0.309 e. The third-order valence-corrected chi connectivity index (χ3v) is 7.42. The molecule has 1 fully saturated rings. The summed E-state index contributed by atoms with van der Waals surface area (Å²) < 4.78 is 61.4. The fourth-order valence-corrected chi connectivity index (χ4v) is 5.17. The fourth-order valence-electron chi connectivity index (χ4n) is 5.17. The van der Waals surface area contributed by atoms with Crippen molar-refractivity contribution in [2.24, 2.45) is 5.41 Å². The summed E-state index contributed by atoms with van der Waals surface area (Å²) in [6.07, 6.45) is 0.479. The predicted octanol–water partition coefficient (Wildman–Crippen LogP) is 6.06. The van der Waals surface area contributed by atoms with Crippen LogP contribution in [0.4, 0.5) is 23.2 Å². The van der Waals surface area contributed by atoms with E-state index >= 15 is 4.39 Å². The van der Waals surface area contributed by atoms with Crippen LogP contribution in [0.3, 0.4) is 0 Å². The number of fused-ring (bicyclic) bond motifs is 1. The normalized spacial score (nSPS) is 16.3. The molecule has 0 radical (unpaired) electrons. The van der Waals surface area contributed by atoms with Crippen LogP contribution in [0, 0.1) is 17.0 Å². The standard InChI is InChI=1S/C28H31F4N3O3/c1-38-22-2-3-25-23(15-22)26(18(16-29)17-34-25)24(32)4-5-28(27(36)37)6-9-35(10-7-28)11-8-33-21-13-19(30)12-20(31)14-21/h2-3,12-15,17,24,33H,4-11,16H2,1H3,(H,36,37)/t24-/m0/s1. The summed E-state index contributed by atoms with van der Waals surface area (Å²) >= 11 is 0. The van der Waals surface area contributed by atoms with E-state index in [1.807, 2.05) is 0 Å². The highest BCUT2D eigenvalue weighted by atomic mass is 19.1. The van der Waals surface area contributed by atoms with Gasteiger partial charge in [0, 0.05) is 47.6 Å². The number of benzene rings is 2. The monoisotopic (exact) mass is 533 g/mol. The van der Waals surface area contributed by atoms with E-state index < -0.39 is 35.9 Å². The first kappa shape index (κ1) is 27.6. The molecule has 1 aromatic heterocycles. The third-order valence-electron chi connectivity index (χ3n) is 7.42. The number of carboxylic acid groups (broad SMARTS) is 1. The van der Waals surface area contributed by atoms with Crippen LogP contribution in [0.1, 0.15) is 43.0 Å². The molecule has 0 spiro atoms. The molecule has 0 unspecified atom stereocenters. The molecule has 2 aromatic carbocycles. The number of hydrogen-bond acceptors (Lipinski definition) is 5. The molecule has 4 rings (SSSR count). The molecule has 2 heterocycles. The van der Waals surface area contributed by atoms with Gasteiger partial charge < -0.3 is 20.1 Å². The van der Waals surface area contributed by atoms with Gasteiger partial charge in [0.15, 0.2) is 0 Å². The number of nitrogens with one attached hydrogen (secondary N) is 1. The smallest absolute Gasteiger partial charge is 0.309 e. The number of piperidine rings is 1. The Balaban J connectivity index is 1.39. The van der Waals surface area contributed by atoms with Crippen molar-refractivity contribution in [2.45, 2.75) is 38.5 Å². The van der Waals surface area contributed by atoms with Crippen LogP contribution in [-0.4, -0.2) is 54.2 Å². The minimum Gasteiger partial charge on any atom is -0.497 e. The number of pyridine rings is 1. The van der Waals surface area contributed by atoms with Gasteiger partial charge in [-0.25, -0.2) is 17.6 Å². The minimum atomic E-state index is -1.57. The molecule has 1 saturated heterocycles. The van der Waals surface area contributed by atoms with E-state index in [1.165, 1.54) is 25.4 Å². The maximum atomic E-state index is 15.7. The topological polar surface area (TPSA) is 74.7 Å². The van der Waals surface area contributed by atoms with Crippen molar-refractivity contribution >= 4 is 22.6 Å². The highest BCUT2D eigenvalue weighted by Crippen LogP contribution is 2.41. The van der Waals surface area contributed by atoms with E-state index in [1.54, 1.807) is 18.2 Å². The Hall–Kier alpha value is -3.40. The van der Waals surface area contributed by atoms with Gasteiger partial charge in [-0.15, -0.1) is 0 Å². The van der Waals surface area contributed by atoms with E-state index in [0.29, 0.717) is 61.4 Å². The summed E-state index contributed by atoms with van der Waals surface area (Å²) in [4.78, 5) is 18.6. The average Bonchev–Trinajstić information content (AvgIpc) is 2.90. The molecule has 0 saturated carbocycles. The first-order valence-corrected chi connectivity index (χ1v) is 12.6. The van der Waals surface area contributed by atoms with Gasteiger partial charge >= 0.3 is 5.97 Å². The average molecular weight is 534 g/mol. The molecule has 1 aliphatic rings. The Morgan fingerprint density at radius 2 is 1.89 bits per heavy atom. The fraction of sp³-hybridized carbons (Fsp3) is 0.429. The second-order valence-electron chi connectivity index (χ2n) is 9.73. The highest BCUT2D eigenvalue weighted by Gasteiger charge is 2.41. The van der Waals surface area contributed by atoms with Crippen LogP contribution in [0.2, 0.25) is 0 Å². The maximum absolute atomic E-state index is 15.7. The molecular formula is C28H31F4N3O3. The number of carbonyl (C=O) groups is 1. The van der Waals surface area contributed by atoms with Crippen molar-refractivity contribution in [3.8, 4) is 5.75 Å². The number of alkyl halides is 2. The second kappa shape index (κ2) is 12.0. The van der Waals surface area contributed by atoms with Crippen molar-refractivity contribution in [2.75, 3.05) is 38.6 Å². The summed E-state index contributed by atoms with van der Waals surface area (Å²) in [7, 11) is 1.49. The lowest BCUT2D eigenvalue weighted by atomic mass is 9.74. The molecule has 0 amide bonds. The van der Waals surface area contributed by atoms with E-state index in [9.17, 15) is 23.1 Å². The molecule has 204 valence electrons. The number of nitrogens with zero attached hydrogens (tertiary/aromatic N) is 2. The van der Waals surface area contributed by atoms with Gasteiger partial charge in [-0.05, 0) is 69.1 Å². The first-order valence-electron chi connectivity index (χ1n) is 12.6. The molecular weight excluding hydrogens is 502 g/mol. The minimum absolute atomic E-state index is 0.0671. The number of halogens is 4. The lowest BCUT2D eigenvalue weighted by molar-refractivity contribution is -0.153. The zero-order valence-electron chi connectivity index (χ0n) is 21.2. The summed E-state index contributed by atoms with van der Waals surface area (Å²) in [6.45, 7) is 1.09. The first-order chi connectivity index (χ1) is 18.2. The van der Waals surface area contributed by atoms with Gasteiger partial charge in [-0.3, -0.25) is 9.78 Å². The number of methoxy groups -OCH3 is 1.